The van der Waals surface area contributed by atoms with Crippen LogP contribution in [0, 0.1) is 0 Å². The summed E-state index contributed by atoms with van der Waals surface area (Å²) in [6.07, 6.45) is 2.16. The molecule has 0 aliphatic rings. The standard InChI is InChI=1S/C11H17N3O2/c1-12-10(15)5-7-13-8-9-4-3-6-14-11(9)16-2/h3-4,6,13H,5,7-8H2,1-2H3,(H,12,15). The highest BCUT2D eigenvalue weighted by atomic mass is 16.5. The molecule has 0 unspecified atom stereocenters. The minimum atomic E-state index is 0.0330. The van der Waals surface area contributed by atoms with E-state index in [1.165, 1.54) is 0 Å². The monoisotopic (exact) mass is 223 g/mol. The highest BCUT2D eigenvalue weighted by Gasteiger charge is 2.02. The summed E-state index contributed by atoms with van der Waals surface area (Å²) in [5.74, 6) is 0.653. The Bertz CT molecular complexity index is 342. The van der Waals surface area contributed by atoms with Crippen molar-refractivity contribution in [1.82, 2.24) is 15.6 Å². The van der Waals surface area contributed by atoms with E-state index in [0.717, 1.165) is 5.56 Å². The molecule has 0 aromatic carbocycles. The second kappa shape index (κ2) is 6.79. The number of amides is 1. The van der Waals surface area contributed by atoms with Gasteiger partial charge in [0.1, 0.15) is 0 Å². The molecule has 0 fully saturated rings. The number of carbonyl (C=O) groups excluding carboxylic acids is 1. The first-order chi connectivity index (χ1) is 7.77. The molecule has 0 aliphatic carbocycles. The zero-order chi connectivity index (χ0) is 11.8. The molecule has 2 N–H and O–H groups in total. The molecule has 0 spiro atoms. The average molecular weight is 223 g/mol. The Morgan fingerprint density at radius 3 is 3.06 bits per heavy atom. The van der Waals surface area contributed by atoms with Crippen LogP contribution >= 0.6 is 0 Å². The molecule has 1 heterocycles. The van der Waals surface area contributed by atoms with Crippen molar-refractivity contribution in [3.05, 3.63) is 23.9 Å². The number of methoxy groups -OCH3 is 1. The van der Waals surface area contributed by atoms with Crippen molar-refractivity contribution in [1.29, 1.82) is 0 Å². The van der Waals surface area contributed by atoms with E-state index in [0.29, 0.717) is 25.4 Å². The Morgan fingerprint density at radius 2 is 2.38 bits per heavy atom. The predicted molar refractivity (Wildman–Crippen MR) is 61.2 cm³/mol. The first-order valence-corrected chi connectivity index (χ1v) is 5.17. The fourth-order valence-corrected chi connectivity index (χ4v) is 1.29. The molecule has 0 aliphatic heterocycles. The number of hydrogen-bond acceptors (Lipinski definition) is 4. The highest BCUT2D eigenvalue weighted by molar-refractivity contribution is 5.75. The summed E-state index contributed by atoms with van der Waals surface area (Å²) in [7, 11) is 3.23. The van der Waals surface area contributed by atoms with Crippen LogP contribution in [-0.4, -0.2) is 31.6 Å². The van der Waals surface area contributed by atoms with E-state index in [2.05, 4.69) is 15.6 Å². The number of rotatable bonds is 6. The van der Waals surface area contributed by atoms with Crippen molar-refractivity contribution >= 4 is 5.91 Å². The molecule has 5 heteroatoms. The van der Waals surface area contributed by atoms with Crippen LogP contribution in [0.1, 0.15) is 12.0 Å². The van der Waals surface area contributed by atoms with Crippen molar-refractivity contribution in [2.45, 2.75) is 13.0 Å². The van der Waals surface area contributed by atoms with Gasteiger partial charge in [-0.05, 0) is 6.07 Å². The Labute approximate surface area is 95.2 Å². The lowest BCUT2D eigenvalue weighted by molar-refractivity contribution is -0.120. The molecule has 0 saturated carbocycles. The highest BCUT2D eigenvalue weighted by Crippen LogP contribution is 2.12. The van der Waals surface area contributed by atoms with Crippen LogP contribution in [0.15, 0.2) is 18.3 Å². The van der Waals surface area contributed by atoms with Gasteiger partial charge in [0.25, 0.3) is 0 Å². The molecule has 1 amide bonds. The maximum Gasteiger partial charge on any atom is 0.221 e. The summed E-state index contributed by atoms with van der Waals surface area (Å²) in [5.41, 5.74) is 0.988. The average Bonchev–Trinajstić information content (AvgIpc) is 2.34. The second-order valence-corrected chi connectivity index (χ2v) is 3.27. The molecule has 88 valence electrons. The molecule has 1 rings (SSSR count). The van der Waals surface area contributed by atoms with Crippen molar-refractivity contribution < 1.29 is 9.53 Å². The third-order valence-electron chi connectivity index (χ3n) is 2.17. The van der Waals surface area contributed by atoms with Gasteiger partial charge >= 0.3 is 0 Å². The van der Waals surface area contributed by atoms with E-state index < -0.39 is 0 Å². The third kappa shape index (κ3) is 3.86. The van der Waals surface area contributed by atoms with E-state index in [-0.39, 0.29) is 5.91 Å². The lowest BCUT2D eigenvalue weighted by Crippen LogP contribution is -2.24. The summed E-state index contributed by atoms with van der Waals surface area (Å²) in [6.45, 7) is 1.28. The van der Waals surface area contributed by atoms with Crippen LogP contribution in [0.5, 0.6) is 5.88 Å². The molecule has 0 atom stereocenters. The minimum absolute atomic E-state index is 0.0330. The van der Waals surface area contributed by atoms with Crippen LogP contribution in [0.2, 0.25) is 0 Å². The largest absolute Gasteiger partial charge is 0.481 e. The first kappa shape index (κ1) is 12.4. The van der Waals surface area contributed by atoms with E-state index in [1.54, 1.807) is 20.4 Å². The fraction of sp³-hybridized carbons (Fsp3) is 0.455. The normalized spacial score (nSPS) is 9.88. The van der Waals surface area contributed by atoms with E-state index in [4.69, 9.17) is 4.74 Å². The van der Waals surface area contributed by atoms with Crippen molar-refractivity contribution in [3.63, 3.8) is 0 Å². The van der Waals surface area contributed by atoms with Crippen LogP contribution < -0.4 is 15.4 Å². The molecule has 0 radical (unpaired) electrons. The predicted octanol–water partition coefficient (Wildman–Crippen LogP) is 0.316. The quantitative estimate of drug-likeness (QED) is 0.682. The molecule has 0 bridgehead atoms. The zero-order valence-electron chi connectivity index (χ0n) is 9.62. The summed E-state index contributed by atoms with van der Waals surface area (Å²) in [5, 5.41) is 5.73. The number of nitrogens with one attached hydrogen (secondary N) is 2. The van der Waals surface area contributed by atoms with Crippen molar-refractivity contribution in [2.24, 2.45) is 0 Å². The summed E-state index contributed by atoms with van der Waals surface area (Å²) in [4.78, 5) is 15.0. The Hall–Kier alpha value is -1.62. The van der Waals surface area contributed by atoms with Gasteiger partial charge in [-0.1, -0.05) is 6.07 Å². The van der Waals surface area contributed by atoms with Crippen LogP contribution in [-0.2, 0) is 11.3 Å². The lowest BCUT2D eigenvalue weighted by atomic mass is 10.2. The summed E-state index contributed by atoms with van der Waals surface area (Å²) < 4.78 is 5.11. The molecule has 1 aromatic heterocycles. The van der Waals surface area contributed by atoms with Gasteiger partial charge in [-0.2, -0.15) is 0 Å². The van der Waals surface area contributed by atoms with Gasteiger partial charge in [0.05, 0.1) is 7.11 Å². The topological polar surface area (TPSA) is 63.2 Å². The third-order valence-corrected chi connectivity index (χ3v) is 2.17. The van der Waals surface area contributed by atoms with Gasteiger partial charge in [0.2, 0.25) is 11.8 Å². The lowest BCUT2D eigenvalue weighted by Gasteiger charge is -2.07. The summed E-state index contributed by atoms with van der Waals surface area (Å²) >= 11 is 0. The van der Waals surface area contributed by atoms with Crippen molar-refractivity contribution in [3.8, 4) is 5.88 Å². The van der Waals surface area contributed by atoms with Crippen molar-refractivity contribution in [2.75, 3.05) is 20.7 Å². The van der Waals surface area contributed by atoms with E-state index in [1.807, 2.05) is 12.1 Å². The fourth-order valence-electron chi connectivity index (χ4n) is 1.29. The van der Waals surface area contributed by atoms with Crippen LogP contribution in [0.3, 0.4) is 0 Å². The number of carbonyl (C=O) groups is 1. The van der Waals surface area contributed by atoms with Gasteiger partial charge in [0, 0.05) is 38.3 Å². The number of aromatic nitrogens is 1. The van der Waals surface area contributed by atoms with Crippen LogP contribution in [0.25, 0.3) is 0 Å². The van der Waals surface area contributed by atoms with Gasteiger partial charge in [-0.15, -0.1) is 0 Å². The maximum atomic E-state index is 11.0. The van der Waals surface area contributed by atoms with Crippen LogP contribution in [0.4, 0.5) is 0 Å². The number of ether oxygens (including phenoxy) is 1. The second-order valence-electron chi connectivity index (χ2n) is 3.27. The van der Waals surface area contributed by atoms with E-state index in [9.17, 15) is 4.79 Å². The number of nitrogens with zero attached hydrogens (tertiary/aromatic N) is 1. The Morgan fingerprint density at radius 1 is 1.56 bits per heavy atom. The number of pyridine rings is 1. The molecule has 16 heavy (non-hydrogen) atoms. The molecule has 0 saturated heterocycles. The molecule has 5 nitrogen and oxygen atoms in total. The first-order valence-electron chi connectivity index (χ1n) is 5.17. The van der Waals surface area contributed by atoms with Gasteiger partial charge in [0.15, 0.2) is 0 Å². The molecular weight excluding hydrogens is 206 g/mol. The molecule has 1 aromatic rings. The SMILES string of the molecule is CNC(=O)CCNCc1cccnc1OC. The Kier molecular flexibility index (Phi) is 5.28. The molecular formula is C11H17N3O2. The van der Waals surface area contributed by atoms with Gasteiger partial charge in [-0.3, -0.25) is 4.79 Å². The minimum Gasteiger partial charge on any atom is -0.481 e. The Balaban J connectivity index is 2.34. The van der Waals surface area contributed by atoms with E-state index >= 15 is 0 Å². The van der Waals surface area contributed by atoms with Gasteiger partial charge in [-0.25, -0.2) is 4.98 Å². The van der Waals surface area contributed by atoms with Gasteiger partial charge < -0.3 is 15.4 Å². The maximum absolute atomic E-state index is 11.0. The number of hydrogen-bond donors (Lipinski definition) is 2. The zero-order valence-corrected chi connectivity index (χ0v) is 9.62. The summed E-state index contributed by atoms with van der Waals surface area (Å²) in [6, 6.07) is 3.80. The smallest absolute Gasteiger partial charge is 0.221 e.